The Morgan fingerprint density at radius 1 is 1.21 bits per heavy atom. The van der Waals surface area contributed by atoms with Crippen LogP contribution in [-0.4, -0.2) is 40.5 Å². The number of hydrogen-bond donors (Lipinski definition) is 0. The Hall–Kier alpha value is -2.90. The number of ether oxygens (including phenoxy) is 2. The molecule has 8 heteroatoms. The van der Waals surface area contributed by atoms with Gasteiger partial charge >= 0.3 is 12.1 Å². The minimum Gasteiger partial charge on any atom is -0.462 e. The van der Waals surface area contributed by atoms with E-state index < -0.39 is 23.2 Å². The molecule has 2 aromatic rings. The second-order valence-electron chi connectivity index (χ2n) is 7.32. The first-order valence-electron chi connectivity index (χ1n) is 9.29. The summed E-state index contributed by atoms with van der Waals surface area (Å²) in [5, 5.41) is 1.89. The Labute approximate surface area is 164 Å². The van der Waals surface area contributed by atoms with Crippen molar-refractivity contribution in [3.63, 3.8) is 0 Å². The van der Waals surface area contributed by atoms with Gasteiger partial charge in [-0.15, -0.1) is 0 Å². The Morgan fingerprint density at radius 3 is 2.46 bits per heavy atom. The van der Waals surface area contributed by atoms with E-state index >= 15 is 0 Å². The summed E-state index contributed by atoms with van der Waals surface area (Å²) >= 11 is 0. The second kappa shape index (κ2) is 8.41. The monoisotopic (exact) mass is 389 g/mol. The lowest BCUT2D eigenvalue weighted by Crippen LogP contribution is -2.50. The van der Waals surface area contributed by atoms with Gasteiger partial charge in [0.2, 0.25) is 0 Å². The van der Waals surface area contributed by atoms with Crippen LogP contribution in [0.15, 0.2) is 23.3 Å². The summed E-state index contributed by atoms with van der Waals surface area (Å²) in [6.07, 6.45) is 2.85. The van der Waals surface area contributed by atoms with Crippen LogP contribution in [0, 0.1) is 6.92 Å². The Morgan fingerprint density at radius 2 is 1.89 bits per heavy atom. The first kappa shape index (κ1) is 21.4. The fourth-order valence-corrected chi connectivity index (χ4v) is 2.90. The molecule has 0 bridgehead atoms. The molecule has 152 valence electrons. The molecule has 0 aliphatic carbocycles. The maximum Gasteiger partial charge on any atom is 0.429 e. The molecule has 8 nitrogen and oxygen atoms in total. The van der Waals surface area contributed by atoms with Gasteiger partial charge in [-0.3, -0.25) is 9.78 Å². The Balaban J connectivity index is 2.79. The van der Waals surface area contributed by atoms with Crippen molar-refractivity contribution in [3.05, 3.63) is 40.1 Å². The van der Waals surface area contributed by atoms with Crippen LogP contribution in [0.2, 0.25) is 0 Å². The van der Waals surface area contributed by atoms with Crippen molar-refractivity contribution in [2.45, 2.75) is 53.6 Å². The maximum absolute atomic E-state index is 13.2. The van der Waals surface area contributed by atoms with Gasteiger partial charge in [0, 0.05) is 24.3 Å². The van der Waals surface area contributed by atoms with Crippen LogP contribution in [0.25, 0.3) is 10.8 Å². The van der Waals surface area contributed by atoms with E-state index in [4.69, 9.17) is 9.47 Å². The number of fused-ring (bicyclic) bond motifs is 1. The van der Waals surface area contributed by atoms with Crippen molar-refractivity contribution in [1.29, 1.82) is 0 Å². The molecule has 0 fully saturated rings. The van der Waals surface area contributed by atoms with Gasteiger partial charge in [0.15, 0.2) is 0 Å². The Kier molecular flexibility index (Phi) is 6.43. The molecule has 1 amide bonds. The zero-order valence-electron chi connectivity index (χ0n) is 17.2. The van der Waals surface area contributed by atoms with E-state index in [0.717, 1.165) is 0 Å². The summed E-state index contributed by atoms with van der Waals surface area (Å²) in [5.74, 6) is -0.576. The van der Waals surface area contributed by atoms with E-state index in [9.17, 15) is 14.4 Å². The van der Waals surface area contributed by atoms with Crippen molar-refractivity contribution in [1.82, 2.24) is 9.66 Å². The lowest BCUT2D eigenvalue weighted by Gasteiger charge is -2.30. The van der Waals surface area contributed by atoms with Crippen molar-refractivity contribution in [2.75, 3.05) is 18.2 Å². The van der Waals surface area contributed by atoms with E-state index in [1.807, 2.05) is 6.92 Å². The van der Waals surface area contributed by atoms with Gasteiger partial charge in [-0.05, 0) is 47.1 Å². The number of carbonyl (C=O) groups excluding carboxylic acids is 2. The normalized spacial score (nSPS) is 11.4. The molecular weight excluding hydrogens is 362 g/mol. The van der Waals surface area contributed by atoms with Crippen molar-refractivity contribution >= 4 is 22.8 Å². The summed E-state index contributed by atoms with van der Waals surface area (Å²) < 4.78 is 11.9. The molecule has 0 spiro atoms. The first-order valence-corrected chi connectivity index (χ1v) is 9.29. The summed E-state index contributed by atoms with van der Waals surface area (Å²) in [6.45, 7) is 10.9. The van der Waals surface area contributed by atoms with Gasteiger partial charge in [0.1, 0.15) is 5.60 Å². The van der Waals surface area contributed by atoms with E-state index in [1.54, 1.807) is 34.6 Å². The number of amides is 1. The fraction of sp³-hybridized carbons (Fsp3) is 0.500. The summed E-state index contributed by atoms with van der Waals surface area (Å²) in [5.41, 5.74) is -0.662. The van der Waals surface area contributed by atoms with E-state index in [0.29, 0.717) is 17.5 Å². The minimum atomic E-state index is -0.731. The quantitative estimate of drug-likeness (QED) is 0.730. The number of pyridine rings is 2. The highest BCUT2D eigenvalue weighted by atomic mass is 16.6. The van der Waals surface area contributed by atoms with Crippen molar-refractivity contribution < 1.29 is 19.1 Å². The molecule has 2 heterocycles. The largest absolute Gasteiger partial charge is 0.462 e. The van der Waals surface area contributed by atoms with Crippen molar-refractivity contribution in [3.8, 4) is 0 Å². The number of rotatable bonds is 5. The topological polar surface area (TPSA) is 90.7 Å². The van der Waals surface area contributed by atoms with E-state index in [2.05, 4.69) is 4.98 Å². The molecule has 0 radical (unpaired) electrons. The molecule has 0 aliphatic heterocycles. The number of carbonyl (C=O) groups is 2. The first-order chi connectivity index (χ1) is 13.1. The fourth-order valence-electron chi connectivity index (χ4n) is 2.90. The van der Waals surface area contributed by atoms with Crippen LogP contribution in [0.5, 0.6) is 0 Å². The standard InChI is InChI=1S/C20H27N3O5/c1-7-11-22(19(26)28-20(4,5)6)23-13(3)16(18(25)27-8-2)15-12-21-10-9-14(15)17(23)24/h9-10,12H,7-8,11H2,1-6H3. The van der Waals surface area contributed by atoms with Gasteiger partial charge in [0.25, 0.3) is 5.56 Å². The van der Waals surface area contributed by atoms with E-state index in [1.165, 1.54) is 28.1 Å². The molecule has 0 saturated heterocycles. The molecule has 28 heavy (non-hydrogen) atoms. The van der Waals surface area contributed by atoms with Gasteiger partial charge in [0.05, 0.1) is 23.3 Å². The minimum absolute atomic E-state index is 0.184. The molecule has 0 aliphatic rings. The molecule has 0 atom stereocenters. The van der Waals surface area contributed by atoms with Gasteiger partial charge in [-0.2, -0.15) is 0 Å². The predicted octanol–water partition coefficient (Wildman–Crippen LogP) is 3.16. The highest BCUT2D eigenvalue weighted by Crippen LogP contribution is 2.21. The third-order valence-electron chi connectivity index (χ3n) is 3.95. The SMILES string of the molecule is CCCN(C(=O)OC(C)(C)C)n1c(C)c(C(=O)OCC)c2cnccc2c1=O. The predicted molar refractivity (Wildman–Crippen MR) is 106 cm³/mol. The van der Waals surface area contributed by atoms with Crippen LogP contribution in [0.3, 0.4) is 0 Å². The van der Waals surface area contributed by atoms with Crippen LogP contribution < -0.4 is 10.6 Å². The number of aromatic nitrogens is 2. The average Bonchev–Trinajstić information content (AvgIpc) is 2.60. The lowest BCUT2D eigenvalue weighted by atomic mass is 10.1. The highest BCUT2D eigenvalue weighted by molar-refractivity contribution is 6.05. The maximum atomic E-state index is 13.2. The molecule has 0 N–H and O–H groups in total. The molecule has 0 saturated carbocycles. The van der Waals surface area contributed by atoms with Crippen molar-refractivity contribution in [2.24, 2.45) is 0 Å². The third-order valence-corrected chi connectivity index (χ3v) is 3.95. The zero-order valence-corrected chi connectivity index (χ0v) is 17.2. The van der Waals surface area contributed by atoms with Gasteiger partial charge in [-0.1, -0.05) is 6.92 Å². The number of esters is 1. The second-order valence-corrected chi connectivity index (χ2v) is 7.32. The highest BCUT2D eigenvalue weighted by Gasteiger charge is 2.28. The summed E-state index contributed by atoms with van der Waals surface area (Å²) in [7, 11) is 0. The van der Waals surface area contributed by atoms with E-state index in [-0.39, 0.29) is 24.1 Å². The molecular formula is C20H27N3O5. The van der Waals surface area contributed by atoms with Gasteiger partial charge < -0.3 is 9.47 Å². The molecule has 2 rings (SSSR count). The van der Waals surface area contributed by atoms with Crippen LogP contribution >= 0.6 is 0 Å². The summed E-state index contributed by atoms with van der Waals surface area (Å²) in [4.78, 5) is 42.7. The molecule has 2 aromatic heterocycles. The number of nitrogens with zero attached hydrogens (tertiary/aromatic N) is 3. The van der Waals surface area contributed by atoms with Crippen LogP contribution in [0.4, 0.5) is 4.79 Å². The van der Waals surface area contributed by atoms with Gasteiger partial charge in [-0.25, -0.2) is 19.3 Å². The zero-order chi connectivity index (χ0) is 21.1. The number of hydrogen-bond acceptors (Lipinski definition) is 6. The van der Waals surface area contributed by atoms with Crippen LogP contribution in [-0.2, 0) is 9.47 Å². The lowest BCUT2D eigenvalue weighted by molar-refractivity contribution is 0.0508. The van der Waals surface area contributed by atoms with Crippen LogP contribution in [0.1, 0.15) is 57.1 Å². The summed E-state index contributed by atoms with van der Waals surface area (Å²) in [6, 6.07) is 1.52. The third kappa shape index (κ3) is 4.32. The molecule has 0 aromatic carbocycles. The Bertz CT molecular complexity index is 943. The molecule has 0 unspecified atom stereocenters. The smallest absolute Gasteiger partial charge is 0.429 e. The average molecular weight is 389 g/mol.